The molecule has 0 aliphatic carbocycles. The number of oxazole rings is 1. The molecule has 0 saturated carbocycles. The van der Waals surface area contributed by atoms with Crippen molar-refractivity contribution in [3.05, 3.63) is 41.4 Å². The summed E-state index contributed by atoms with van der Waals surface area (Å²) in [5.41, 5.74) is 2.68. The molecule has 1 aromatic carbocycles. The molecule has 2 aromatic rings. The number of hydrogen-bond donors (Lipinski definition) is 1. The van der Waals surface area contributed by atoms with Gasteiger partial charge in [-0.15, -0.1) is 0 Å². The van der Waals surface area contributed by atoms with Gasteiger partial charge in [-0.2, -0.15) is 5.26 Å². The van der Waals surface area contributed by atoms with Crippen LogP contribution in [0, 0.1) is 11.3 Å². The summed E-state index contributed by atoms with van der Waals surface area (Å²) in [4.78, 5) is 8.38. The summed E-state index contributed by atoms with van der Waals surface area (Å²) in [5.74, 6) is 1.02. The molecule has 0 unspecified atom stereocenters. The maximum absolute atomic E-state index is 9.17. The predicted octanol–water partition coefficient (Wildman–Crippen LogP) is 2.89. The van der Waals surface area contributed by atoms with Crippen LogP contribution in [0.15, 0.2) is 28.7 Å². The summed E-state index contributed by atoms with van der Waals surface area (Å²) < 4.78 is 5.60. The molecule has 1 aromatic heterocycles. The van der Waals surface area contributed by atoms with Gasteiger partial charge in [-0.25, -0.2) is 4.98 Å². The van der Waals surface area contributed by atoms with Crippen LogP contribution in [-0.2, 0) is 6.42 Å². The second kappa shape index (κ2) is 7.84. The maximum atomic E-state index is 9.17. The number of nitrogens with zero attached hydrogens (tertiary/aromatic N) is 4. The third-order valence-electron chi connectivity index (χ3n) is 3.95. The molecular weight excluding hydrogens is 302 g/mol. The Labute approximate surface area is 143 Å². The van der Waals surface area contributed by atoms with Crippen LogP contribution in [-0.4, -0.2) is 44.6 Å². The smallest absolute Gasteiger partial charge is 0.232 e. The van der Waals surface area contributed by atoms with Gasteiger partial charge in [0.25, 0.3) is 0 Å². The fourth-order valence-corrected chi connectivity index (χ4v) is 2.49. The summed E-state index contributed by atoms with van der Waals surface area (Å²) in [6.07, 6.45) is 0.666. The second-order valence-electron chi connectivity index (χ2n) is 6.10. The van der Waals surface area contributed by atoms with Gasteiger partial charge < -0.3 is 19.5 Å². The predicted molar refractivity (Wildman–Crippen MR) is 96.3 cm³/mol. The monoisotopic (exact) mass is 327 g/mol. The van der Waals surface area contributed by atoms with Crippen molar-refractivity contribution >= 4 is 11.6 Å². The number of aromatic nitrogens is 1. The first kappa shape index (κ1) is 17.8. The molecule has 128 valence electrons. The highest BCUT2D eigenvalue weighted by Crippen LogP contribution is 2.23. The molecule has 0 bridgehead atoms. The highest BCUT2D eigenvalue weighted by atomic mass is 16.4. The van der Waals surface area contributed by atoms with Crippen LogP contribution in [0.25, 0.3) is 0 Å². The quantitative estimate of drug-likeness (QED) is 0.843. The largest absolute Gasteiger partial charge is 0.424 e. The van der Waals surface area contributed by atoms with Crippen LogP contribution >= 0.6 is 0 Å². The Morgan fingerprint density at radius 3 is 2.38 bits per heavy atom. The van der Waals surface area contributed by atoms with Crippen LogP contribution in [0.2, 0.25) is 0 Å². The molecule has 0 radical (unpaired) electrons. The Balaban J connectivity index is 2.14. The van der Waals surface area contributed by atoms with Crippen molar-refractivity contribution in [2.75, 3.05) is 45.0 Å². The first-order valence-corrected chi connectivity index (χ1v) is 8.03. The zero-order valence-corrected chi connectivity index (χ0v) is 15.0. The number of aryl methyl sites for hydroxylation is 1. The molecule has 0 aliphatic rings. The average Bonchev–Trinajstić information content (AvgIpc) is 2.97. The van der Waals surface area contributed by atoms with E-state index >= 15 is 0 Å². The van der Waals surface area contributed by atoms with Gasteiger partial charge in [0.2, 0.25) is 11.6 Å². The van der Waals surface area contributed by atoms with Crippen molar-refractivity contribution in [1.29, 1.82) is 5.26 Å². The lowest BCUT2D eigenvalue weighted by Crippen LogP contribution is -2.27. The molecule has 6 nitrogen and oxygen atoms in total. The Morgan fingerprint density at radius 1 is 1.21 bits per heavy atom. The minimum absolute atomic E-state index is 0.155. The van der Waals surface area contributed by atoms with Gasteiger partial charge in [-0.1, -0.05) is 19.1 Å². The van der Waals surface area contributed by atoms with Crippen molar-refractivity contribution in [3.63, 3.8) is 0 Å². The van der Waals surface area contributed by atoms with Gasteiger partial charge in [0.1, 0.15) is 6.07 Å². The number of benzene rings is 1. The standard InChI is InChI=1S/C18H25N5O/c1-6-17-21-15(11-19)18(24-17)20-12-16(23(4)5)13-7-9-14(10-8-13)22(2)3/h7-10,16,20H,6,12H2,1-5H3/t16-/m1/s1. The summed E-state index contributed by atoms with van der Waals surface area (Å²) in [5, 5.41) is 12.4. The molecule has 2 rings (SSSR count). The minimum Gasteiger partial charge on any atom is -0.424 e. The highest BCUT2D eigenvalue weighted by molar-refractivity contribution is 5.48. The fourth-order valence-electron chi connectivity index (χ4n) is 2.49. The summed E-state index contributed by atoms with van der Waals surface area (Å²) >= 11 is 0. The van der Waals surface area contributed by atoms with Gasteiger partial charge in [0.15, 0.2) is 5.89 Å². The van der Waals surface area contributed by atoms with Crippen LogP contribution in [0.4, 0.5) is 11.6 Å². The van der Waals surface area contributed by atoms with E-state index in [0.29, 0.717) is 30.4 Å². The fraction of sp³-hybridized carbons (Fsp3) is 0.444. The Bertz CT molecular complexity index is 697. The Hall–Kier alpha value is -2.52. The van der Waals surface area contributed by atoms with E-state index in [1.807, 2.05) is 35.1 Å². The van der Waals surface area contributed by atoms with Crippen molar-refractivity contribution < 1.29 is 4.42 Å². The summed E-state index contributed by atoms with van der Waals surface area (Å²) in [6, 6.07) is 10.7. The van der Waals surface area contributed by atoms with Gasteiger partial charge in [0, 0.05) is 32.7 Å². The molecule has 0 spiro atoms. The van der Waals surface area contributed by atoms with Crippen molar-refractivity contribution in [2.24, 2.45) is 0 Å². The van der Waals surface area contributed by atoms with Gasteiger partial charge >= 0.3 is 0 Å². The maximum Gasteiger partial charge on any atom is 0.232 e. The van der Waals surface area contributed by atoms with Gasteiger partial charge in [-0.3, -0.25) is 0 Å². The number of hydrogen-bond acceptors (Lipinski definition) is 6. The van der Waals surface area contributed by atoms with Gasteiger partial charge in [-0.05, 0) is 31.8 Å². The molecule has 0 amide bonds. The summed E-state index contributed by atoms with van der Waals surface area (Å²) in [7, 11) is 8.13. The Morgan fingerprint density at radius 2 is 1.88 bits per heavy atom. The van der Waals surface area contributed by atoms with E-state index < -0.39 is 0 Å². The number of nitrogens with one attached hydrogen (secondary N) is 1. The molecule has 6 heteroatoms. The lowest BCUT2D eigenvalue weighted by atomic mass is 10.1. The van der Waals surface area contributed by atoms with Crippen LogP contribution in [0.5, 0.6) is 0 Å². The zero-order chi connectivity index (χ0) is 17.7. The molecular formula is C18H25N5O. The normalized spacial score (nSPS) is 12.0. The second-order valence-corrected chi connectivity index (χ2v) is 6.10. The number of nitriles is 1. The van der Waals surface area contributed by atoms with Crippen LogP contribution in [0.3, 0.4) is 0 Å². The van der Waals surface area contributed by atoms with Crippen molar-refractivity contribution in [3.8, 4) is 6.07 Å². The van der Waals surface area contributed by atoms with E-state index in [2.05, 4.69) is 50.4 Å². The first-order chi connectivity index (χ1) is 11.5. The third kappa shape index (κ3) is 4.06. The van der Waals surface area contributed by atoms with E-state index in [9.17, 15) is 5.26 Å². The number of anilines is 2. The minimum atomic E-state index is 0.155. The topological polar surface area (TPSA) is 68.3 Å². The van der Waals surface area contributed by atoms with E-state index in [0.717, 1.165) is 0 Å². The van der Waals surface area contributed by atoms with Crippen molar-refractivity contribution in [2.45, 2.75) is 19.4 Å². The van der Waals surface area contributed by atoms with E-state index in [-0.39, 0.29) is 6.04 Å². The van der Waals surface area contributed by atoms with E-state index in [4.69, 9.17) is 4.42 Å². The molecule has 24 heavy (non-hydrogen) atoms. The lowest BCUT2D eigenvalue weighted by molar-refractivity contribution is 0.310. The summed E-state index contributed by atoms with van der Waals surface area (Å²) in [6.45, 7) is 2.58. The molecule has 0 aliphatic heterocycles. The third-order valence-corrected chi connectivity index (χ3v) is 3.95. The van der Waals surface area contributed by atoms with Gasteiger partial charge in [0.05, 0.1) is 6.04 Å². The molecule has 0 saturated heterocycles. The molecule has 1 heterocycles. The Kier molecular flexibility index (Phi) is 5.83. The number of likely N-dealkylation sites (N-methyl/N-ethyl adjacent to an activating group) is 1. The molecule has 1 atom stereocenters. The zero-order valence-electron chi connectivity index (χ0n) is 15.0. The molecule has 0 fully saturated rings. The lowest BCUT2D eigenvalue weighted by Gasteiger charge is -2.25. The number of rotatable bonds is 7. The van der Waals surface area contributed by atoms with Crippen LogP contribution in [0.1, 0.15) is 30.1 Å². The van der Waals surface area contributed by atoms with Crippen molar-refractivity contribution in [1.82, 2.24) is 9.88 Å². The van der Waals surface area contributed by atoms with E-state index in [1.54, 1.807) is 0 Å². The highest BCUT2D eigenvalue weighted by Gasteiger charge is 2.17. The molecule has 1 N–H and O–H groups in total. The first-order valence-electron chi connectivity index (χ1n) is 8.03. The SMILES string of the molecule is CCc1nc(C#N)c(NC[C@H](c2ccc(N(C)C)cc2)N(C)C)o1. The van der Waals surface area contributed by atoms with E-state index in [1.165, 1.54) is 11.3 Å². The van der Waals surface area contributed by atoms with Crippen LogP contribution < -0.4 is 10.2 Å². The average molecular weight is 327 g/mol.